The molecular formula is C24H25N3O6. The topological polar surface area (TPSA) is 113 Å². The summed E-state index contributed by atoms with van der Waals surface area (Å²) in [7, 11) is 0. The number of hydrogen-bond acceptors (Lipinski definition) is 6. The van der Waals surface area contributed by atoms with E-state index in [0.717, 1.165) is 21.6 Å². The van der Waals surface area contributed by atoms with Gasteiger partial charge in [-0.1, -0.05) is 11.6 Å². The minimum atomic E-state index is -1.29. The van der Waals surface area contributed by atoms with E-state index in [4.69, 9.17) is 4.74 Å². The summed E-state index contributed by atoms with van der Waals surface area (Å²) in [6.07, 6.45) is 0.294. The molecule has 2 heterocycles. The minimum absolute atomic E-state index is 0.0626. The number of non-ortho nitro benzene ring substituents is 1. The van der Waals surface area contributed by atoms with Gasteiger partial charge in [0.2, 0.25) is 0 Å². The molecule has 1 saturated heterocycles. The zero-order valence-corrected chi connectivity index (χ0v) is 18.6. The van der Waals surface area contributed by atoms with Crippen LogP contribution in [0.3, 0.4) is 0 Å². The number of nitrogens with zero attached hydrogens (tertiary/aromatic N) is 3. The molecule has 172 valence electrons. The molecule has 9 heteroatoms. The number of aliphatic hydroxyl groups is 1. The van der Waals surface area contributed by atoms with Crippen LogP contribution in [-0.2, 0) is 11.3 Å². The van der Waals surface area contributed by atoms with Crippen LogP contribution in [0.5, 0.6) is 0 Å². The summed E-state index contributed by atoms with van der Waals surface area (Å²) < 4.78 is 5.47. The molecule has 9 nitrogen and oxygen atoms in total. The molecular weight excluding hydrogens is 426 g/mol. The highest BCUT2D eigenvalue weighted by molar-refractivity contribution is 6.05. The van der Waals surface area contributed by atoms with Gasteiger partial charge in [0.1, 0.15) is 6.61 Å². The van der Waals surface area contributed by atoms with E-state index in [1.54, 1.807) is 17.0 Å². The molecule has 1 unspecified atom stereocenters. The smallest absolute Gasteiger partial charge is 0.416 e. The Morgan fingerprint density at radius 3 is 2.55 bits per heavy atom. The van der Waals surface area contributed by atoms with Crippen LogP contribution in [0.4, 0.5) is 16.2 Å². The summed E-state index contributed by atoms with van der Waals surface area (Å²) in [6.45, 7) is 5.91. The van der Waals surface area contributed by atoms with Crippen molar-refractivity contribution in [1.29, 1.82) is 0 Å². The number of carbonyl (C=O) groups is 2. The number of fused-ring (bicyclic) bond motifs is 2. The number of nitro groups is 1. The first kappa shape index (κ1) is 22.5. The molecule has 2 aromatic carbocycles. The van der Waals surface area contributed by atoms with Crippen LogP contribution in [0.2, 0.25) is 0 Å². The highest BCUT2D eigenvalue weighted by atomic mass is 16.6. The Balaban J connectivity index is 1.67. The molecule has 2 aliphatic heterocycles. The summed E-state index contributed by atoms with van der Waals surface area (Å²) >= 11 is 0. The number of carbonyl (C=O) groups excluding carboxylic acids is 2. The summed E-state index contributed by atoms with van der Waals surface area (Å²) in [4.78, 5) is 39.7. The summed E-state index contributed by atoms with van der Waals surface area (Å²) in [5.74, 6) is -0.236. The van der Waals surface area contributed by atoms with E-state index in [1.807, 2.05) is 26.8 Å². The third-order valence-electron chi connectivity index (χ3n) is 6.33. The molecule has 2 aliphatic rings. The zero-order valence-electron chi connectivity index (χ0n) is 18.6. The number of ether oxygens (including phenoxy) is 1. The lowest BCUT2D eigenvalue weighted by molar-refractivity contribution is -0.384. The van der Waals surface area contributed by atoms with Crippen molar-refractivity contribution in [3.63, 3.8) is 0 Å². The fourth-order valence-electron chi connectivity index (χ4n) is 4.25. The van der Waals surface area contributed by atoms with Crippen molar-refractivity contribution < 1.29 is 24.4 Å². The highest BCUT2D eigenvalue weighted by Crippen LogP contribution is 2.37. The maximum Gasteiger partial charge on any atom is 0.416 e. The van der Waals surface area contributed by atoms with E-state index in [0.29, 0.717) is 29.8 Å². The molecule has 2 atom stereocenters. The maximum absolute atomic E-state index is 13.4. The lowest BCUT2D eigenvalue weighted by atomic mass is 10.0. The van der Waals surface area contributed by atoms with E-state index in [-0.39, 0.29) is 18.2 Å². The standard InChI is InChI=1S/C24H25N3O6/c1-4-16-11-21-23(29)26(24(30)33-13-17-5-7-18(8-6-17)27(31)32)20-10-15(3)14(2)9-19(20)22(28)25(21)12-16/h4-10,21,23,29H,11-13H2,1-3H3/b16-4+/t21-,23?/m0/s1. The number of allylic oxidation sites excluding steroid dienone is 1. The van der Waals surface area contributed by atoms with Crippen molar-refractivity contribution in [2.75, 3.05) is 11.4 Å². The number of anilines is 1. The lowest BCUT2D eigenvalue weighted by Crippen LogP contribution is -2.50. The van der Waals surface area contributed by atoms with Crippen molar-refractivity contribution in [3.05, 3.63) is 80.4 Å². The molecule has 0 spiro atoms. The largest absolute Gasteiger partial charge is 0.444 e. The van der Waals surface area contributed by atoms with Crippen molar-refractivity contribution >= 4 is 23.4 Å². The first-order valence-electron chi connectivity index (χ1n) is 10.6. The van der Waals surface area contributed by atoms with Gasteiger partial charge >= 0.3 is 6.09 Å². The van der Waals surface area contributed by atoms with Gasteiger partial charge in [0.25, 0.3) is 11.6 Å². The fourth-order valence-corrected chi connectivity index (χ4v) is 4.25. The quantitative estimate of drug-likeness (QED) is 0.431. The SMILES string of the molecule is C/C=C1\C[C@H]2C(O)N(C(=O)OCc3ccc([N+](=O)[O-])cc3)c3cc(C)c(C)cc3C(=O)N2C1. The minimum Gasteiger partial charge on any atom is -0.444 e. The summed E-state index contributed by atoms with van der Waals surface area (Å²) in [6, 6.07) is 8.55. The average Bonchev–Trinajstić information content (AvgIpc) is 3.21. The number of amides is 2. The Bertz CT molecular complexity index is 1160. The van der Waals surface area contributed by atoms with Crippen molar-refractivity contribution in [2.24, 2.45) is 0 Å². The van der Waals surface area contributed by atoms with Crippen LogP contribution in [0, 0.1) is 24.0 Å². The number of rotatable bonds is 3. The maximum atomic E-state index is 13.4. The van der Waals surface area contributed by atoms with Crippen LogP contribution < -0.4 is 4.90 Å². The molecule has 2 aromatic rings. The third kappa shape index (κ3) is 4.07. The van der Waals surface area contributed by atoms with Crippen molar-refractivity contribution in [1.82, 2.24) is 4.90 Å². The van der Waals surface area contributed by atoms with Crippen LogP contribution in [0.25, 0.3) is 0 Å². The normalized spacial score (nSPS) is 21.0. The van der Waals surface area contributed by atoms with E-state index in [2.05, 4.69) is 0 Å². The molecule has 4 rings (SSSR count). The van der Waals surface area contributed by atoms with Crippen molar-refractivity contribution in [2.45, 2.75) is 46.1 Å². The van der Waals surface area contributed by atoms with Gasteiger partial charge in [0.05, 0.1) is 22.2 Å². The van der Waals surface area contributed by atoms with Gasteiger partial charge in [0.15, 0.2) is 6.23 Å². The van der Waals surface area contributed by atoms with Crippen LogP contribution in [0.1, 0.15) is 40.4 Å². The lowest BCUT2D eigenvalue weighted by Gasteiger charge is -2.31. The predicted molar refractivity (Wildman–Crippen MR) is 121 cm³/mol. The van der Waals surface area contributed by atoms with E-state index in [1.165, 1.54) is 24.3 Å². The van der Waals surface area contributed by atoms with E-state index < -0.39 is 23.3 Å². The second-order valence-electron chi connectivity index (χ2n) is 8.37. The van der Waals surface area contributed by atoms with Gasteiger partial charge in [0, 0.05) is 18.7 Å². The molecule has 0 aliphatic carbocycles. The Morgan fingerprint density at radius 2 is 1.91 bits per heavy atom. The van der Waals surface area contributed by atoms with Gasteiger partial charge in [-0.2, -0.15) is 0 Å². The molecule has 1 N–H and O–H groups in total. The van der Waals surface area contributed by atoms with Gasteiger partial charge in [-0.05, 0) is 68.1 Å². The second kappa shape index (κ2) is 8.67. The Kier molecular flexibility index (Phi) is 5.90. The van der Waals surface area contributed by atoms with Crippen molar-refractivity contribution in [3.8, 4) is 0 Å². The van der Waals surface area contributed by atoms with Gasteiger partial charge in [-0.3, -0.25) is 14.9 Å². The molecule has 0 saturated carbocycles. The van der Waals surface area contributed by atoms with Crippen LogP contribution in [-0.4, -0.2) is 45.7 Å². The fraction of sp³-hybridized carbons (Fsp3) is 0.333. The van der Waals surface area contributed by atoms with E-state index in [9.17, 15) is 24.8 Å². The number of aryl methyl sites for hydroxylation is 2. The van der Waals surface area contributed by atoms with Crippen LogP contribution >= 0.6 is 0 Å². The summed E-state index contributed by atoms with van der Waals surface area (Å²) in [5.41, 5.74) is 3.93. The molecule has 33 heavy (non-hydrogen) atoms. The number of aliphatic hydroxyl groups excluding tert-OH is 1. The number of benzene rings is 2. The molecule has 0 aromatic heterocycles. The highest BCUT2D eigenvalue weighted by Gasteiger charge is 2.46. The molecule has 0 radical (unpaired) electrons. The number of hydrogen-bond donors (Lipinski definition) is 1. The Hall–Kier alpha value is -3.72. The Morgan fingerprint density at radius 1 is 1.24 bits per heavy atom. The molecule has 0 bridgehead atoms. The van der Waals surface area contributed by atoms with E-state index >= 15 is 0 Å². The second-order valence-corrected chi connectivity index (χ2v) is 8.37. The Labute approximate surface area is 191 Å². The average molecular weight is 451 g/mol. The van der Waals surface area contributed by atoms with Gasteiger partial charge in [-0.25, -0.2) is 9.69 Å². The van der Waals surface area contributed by atoms with Gasteiger partial charge in [-0.15, -0.1) is 0 Å². The monoisotopic (exact) mass is 451 g/mol. The first-order chi connectivity index (χ1) is 15.7. The first-order valence-corrected chi connectivity index (χ1v) is 10.6. The molecule has 1 fully saturated rings. The van der Waals surface area contributed by atoms with Crippen LogP contribution in [0.15, 0.2) is 48.0 Å². The number of nitro benzene ring substituents is 1. The zero-order chi connectivity index (χ0) is 23.9. The summed E-state index contributed by atoms with van der Waals surface area (Å²) in [5, 5.41) is 22.1. The predicted octanol–water partition coefficient (Wildman–Crippen LogP) is 3.85. The third-order valence-corrected chi connectivity index (χ3v) is 6.33. The molecule has 2 amide bonds. The van der Waals surface area contributed by atoms with Gasteiger partial charge < -0.3 is 14.7 Å².